The first kappa shape index (κ1) is 17.7. The van der Waals surface area contributed by atoms with E-state index in [9.17, 15) is 9.59 Å². The Morgan fingerprint density at radius 2 is 1.78 bits per heavy atom. The van der Waals surface area contributed by atoms with Crippen molar-refractivity contribution in [2.75, 3.05) is 4.90 Å². The molecule has 0 unspecified atom stereocenters. The van der Waals surface area contributed by atoms with E-state index >= 15 is 0 Å². The molecule has 1 aliphatic heterocycles. The molecule has 1 saturated heterocycles. The van der Waals surface area contributed by atoms with E-state index in [0.717, 1.165) is 5.56 Å². The summed E-state index contributed by atoms with van der Waals surface area (Å²) in [6.07, 6.45) is 2.87. The zero-order valence-corrected chi connectivity index (χ0v) is 15.9. The van der Waals surface area contributed by atoms with E-state index in [-0.39, 0.29) is 11.9 Å². The van der Waals surface area contributed by atoms with Crippen LogP contribution >= 0.6 is 0 Å². The number of benzene rings is 1. The highest BCUT2D eigenvalue weighted by Gasteiger charge is 2.76. The second kappa shape index (κ2) is 5.91. The summed E-state index contributed by atoms with van der Waals surface area (Å²) in [5.41, 5.74) is -1.37. The third kappa shape index (κ3) is 2.34. The molecule has 1 amide bonds. The molecule has 0 N–H and O–H groups in total. The van der Waals surface area contributed by atoms with E-state index in [1.807, 2.05) is 69.3 Å². The van der Waals surface area contributed by atoms with Crippen LogP contribution in [0.4, 0.5) is 5.82 Å². The van der Waals surface area contributed by atoms with Crippen molar-refractivity contribution < 1.29 is 14.3 Å². The smallest absolute Gasteiger partial charge is 0.313 e. The Labute approximate surface area is 159 Å². The summed E-state index contributed by atoms with van der Waals surface area (Å²) in [7, 11) is 0. The molecule has 2 bridgehead atoms. The minimum atomic E-state index is -1.15. The van der Waals surface area contributed by atoms with Gasteiger partial charge in [0.15, 0.2) is 5.60 Å². The highest BCUT2D eigenvalue weighted by Crippen LogP contribution is 2.66. The van der Waals surface area contributed by atoms with Crippen molar-refractivity contribution in [3.63, 3.8) is 0 Å². The standard InChI is InChI=1S/C22H24N2O3/c1-20(2)21(3)12-13-22(20,27-19(21)26)18(25)24(17-11-7-8-14-23-17)15-16-9-5-4-6-10-16/h4-11,14H,12-13,15H2,1-3H3/t21-,22+/m0/s1. The molecule has 2 aromatic rings. The molecule has 2 heterocycles. The van der Waals surface area contributed by atoms with E-state index < -0.39 is 16.4 Å². The molecule has 0 radical (unpaired) electrons. The maximum Gasteiger partial charge on any atom is 0.313 e. The number of rotatable bonds is 4. The van der Waals surface area contributed by atoms with E-state index in [1.54, 1.807) is 11.1 Å². The fourth-order valence-corrected chi connectivity index (χ4v) is 4.48. The lowest BCUT2D eigenvalue weighted by Crippen LogP contribution is -2.55. The SMILES string of the molecule is CC1(C)[C@@]2(C)CC[C@]1(C(=O)N(Cc1ccccc1)c1ccccn1)OC2=O. The lowest BCUT2D eigenvalue weighted by atomic mass is 9.66. The molecule has 0 spiro atoms. The summed E-state index contributed by atoms with van der Waals surface area (Å²) < 4.78 is 5.81. The Morgan fingerprint density at radius 1 is 1.07 bits per heavy atom. The van der Waals surface area contributed by atoms with Gasteiger partial charge in [0.1, 0.15) is 5.82 Å². The number of hydrogen-bond acceptors (Lipinski definition) is 4. The zero-order chi connectivity index (χ0) is 19.3. The van der Waals surface area contributed by atoms with E-state index in [2.05, 4.69) is 4.98 Å². The summed E-state index contributed by atoms with van der Waals surface area (Å²) in [5.74, 6) is 0.102. The molecule has 2 aliphatic rings. The number of ether oxygens (including phenoxy) is 1. The number of carbonyl (C=O) groups is 2. The zero-order valence-electron chi connectivity index (χ0n) is 15.9. The number of hydrogen-bond donors (Lipinski definition) is 0. The topological polar surface area (TPSA) is 59.5 Å². The third-order valence-electron chi connectivity index (χ3n) is 6.78. The number of amides is 1. The molecule has 27 heavy (non-hydrogen) atoms. The Balaban J connectivity index is 1.77. The molecule has 140 valence electrons. The molecular weight excluding hydrogens is 340 g/mol. The predicted octanol–water partition coefficient (Wildman–Crippen LogP) is 3.74. The molecule has 1 aromatic carbocycles. The monoisotopic (exact) mass is 364 g/mol. The van der Waals surface area contributed by atoms with Crippen molar-refractivity contribution in [3.05, 3.63) is 60.3 Å². The van der Waals surface area contributed by atoms with Gasteiger partial charge in [0.2, 0.25) is 0 Å². The Hall–Kier alpha value is -2.69. The molecule has 2 atom stereocenters. The van der Waals surface area contributed by atoms with Crippen LogP contribution in [-0.4, -0.2) is 22.5 Å². The number of anilines is 1. The van der Waals surface area contributed by atoms with Crippen LogP contribution in [0.15, 0.2) is 54.7 Å². The van der Waals surface area contributed by atoms with Crippen LogP contribution in [0.1, 0.15) is 39.2 Å². The van der Waals surface area contributed by atoms with E-state index in [4.69, 9.17) is 4.74 Å². The van der Waals surface area contributed by atoms with Crippen LogP contribution < -0.4 is 4.90 Å². The van der Waals surface area contributed by atoms with Gasteiger partial charge in [0, 0.05) is 11.6 Å². The van der Waals surface area contributed by atoms with Crippen LogP contribution in [0.5, 0.6) is 0 Å². The van der Waals surface area contributed by atoms with Crippen LogP contribution in [0.2, 0.25) is 0 Å². The number of nitrogens with zero attached hydrogens (tertiary/aromatic N) is 2. The number of pyridine rings is 1. The average molecular weight is 364 g/mol. The Kier molecular flexibility index (Phi) is 3.88. The maximum atomic E-state index is 13.8. The minimum absolute atomic E-state index is 0.190. The fraction of sp³-hybridized carbons (Fsp3) is 0.409. The summed E-state index contributed by atoms with van der Waals surface area (Å²) in [5, 5.41) is 0. The fourth-order valence-electron chi connectivity index (χ4n) is 4.48. The third-order valence-corrected chi connectivity index (χ3v) is 6.78. The Bertz CT molecular complexity index is 881. The van der Waals surface area contributed by atoms with Gasteiger partial charge in [-0.25, -0.2) is 4.98 Å². The van der Waals surface area contributed by atoms with Crippen molar-refractivity contribution in [2.45, 2.75) is 45.8 Å². The van der Waals surface area contributed by atoms with E-state index in [0.29, 0.717) is 25.2 Å². The van der Waals surface area contributed by atoms with Crippen LogP contribution in [0.25, 0.3) is 0 Å². The molecule has 5 heteroatoms. The van der Waals surface area contributed by atoms with E-state index in [1.165, 1.54) is 0 Å². The molecule has 2 fully saturated rings. The number of carbonyl (C=O) groups excluding carboxylic acids is 2. The molecule has 4 rings (SSSR count). The number of esters is 1. The quantitative estimate of drug-likeness (QED) is 0.776. The van der Waals surface area contributed by atoms with Crippen molar-refractivity contribution in [1.29, 1.82) is 0 Å². The van der Waals surface area contributed by atoms with Crippen molar-refractivity contribution in [2.24, 2.45) is 10.8 Å². The van der Waals surface area contributed by atoms with Gasteiger partial charge in [-0.15, -0.1) is 0 Å². The molecular formula is C22H24N2O3. The maximum absolute atomic E-state index is 13.8. The van der Waals surface area contributed by atoms with Crippen LogP contribution in [0, 0.1) is 10.8 Å². The molecule has 5 nitrogen and oxygen atoms in total. The molecule has 1 aromatic heterocycles. The Morgan fingerprint density at radius 3 is 2.33 bits per heavy atom. The van der Waals surface area contributed by atoms with Gasteiger partial charge in [0.05, 0.1) is 12.0 Å². The summed E-state index contributed by atoms with van der Waals surface area (Å²) in [4.78, 5) is 32.5. The first-order chi connectivity index (χ1) is 12.8. The highest BCUT2D eigenvalue weighted by molar-refractivity contribution is 6.04. The first-order valence-electron chi connectivity index (χ1n) is 9.32. The van der Waals surface area contributed by atoms with Gasteiger partial charge < -0.3 is 4.74 Å². The van der Waals surface area contributed by atoms with Gasteiger partial charge in [-0.1, -0.05) is 50.2 Å². The van der Waals surface area contributed by atoms with Crippen molar-refractivity contribution in [1.82, 2.24) is 4.98 Å². The van der Waals surface area contributed by atoms with Crippen LogP contribution in [0.3, 0.4) is 0 Å². The second-order valence-corrected chi connectivity index (χ2v) is 8.24. The normalized spacial score (nSPS) is 28.0. The minimum Gasteiger partial charge on any atom is -0.448 e. The number of aromatic nitrogens is 1. The highest BCUT2D eigenvalue weighted by atomic mass is 16.6. The first-order valence-corrected chi connectivity index (χ1v) is 9.32. The van der Waals surface area contributed by atoms with Gasteiger partial charge in [0.25, 0.3) is 5.91 Å². The summed E-state index contributed by atoms with van der Waals surface area (Å²) in [6, 6.07) is 15.3. The van der Waals surface area contributed by atoms with Crippen LogP contribution in [-0.2, 0) is 20.9 Å². The van der Waals surface area contributed by atoms with Gasteiger partial charge in [-0.2, -0.15) is 0 Å². The summed E-state index contributed by atoms with van der Waals surface area (Å²) in [6.45, 7) is 6.24. The van der Waals surface area contributed by atoms with Crippen molar-refractivity contribution in [3.8, 4) is 0 Å². The molecule has 1 aliphatic carbocycles. The number of fused-ring (bicyclic) bond motifs is 2. The lowest BCUT2D eigenvalue weighted by Gasteiger charge is -2.38. The molecule has 1 saturated carbocycles. The average Bonchev–Trinajstić information content (AvgIpc) is 2.97. The predicted molar refractivity (Wildman–Crippen MR) is 102 cm³/mol. The second-order valence-electron chi connectivity index (χ2n) is 8.24. The lowest BCUT2D eigenvalue weighted by molar-refractivity contribution is -0.167. The largest absolute Gasteiger partial charge is 0.448 e. The summed E-state index contributed by atoms with van der Waals surface area (Å²) >= 11 is 0. The van der Waals surface area contributed by atoms with Gasteiger partial charge >= 0.3 is 5.97 Å². The van der Waals surface area contributed by atoms with Gasteiger partial charge in [-0.3, -0.25) is 14.5 Å². The van der Waals surface area contributed by atoms with Gasteiger partial charge in [-0.05, 0) is 37.5 Å². The van der Waals surface area contributed by atoms with Crippen molar-refractivity contribution >= 4 is 17.7 Å².